The minimum absolute atomic E-state index is 0. The molecule has 0 aromatic rings. The fourth-order valence-electron chi connectivity index (χ4n) is 0.346. The van der Waals surface area contributed by atoms with Crippen molar-refractivity contribution in [2.45, 2.75) is 0 Å². The standard InChI is InChI=1S/C5H6O.4H3N/c1-2-4-6-5-3-1;;;;/h1-4H,5H2;4*1H3. The largest absolute Gasteiger partial charge is 0.497 e. The Kier molecular flexibility index (Phi) is 36.0. The van der Waals surface area contributed by atoms with Gasteiger partial charge in [0.05, 0.1) is 6.26 Å². The van der Waals surface area contributed by atoms with Crippen LogP contribution in [0.2, 0.25) is 0 Å². The second-order valence-corrected chi connectivity index (χ2v) is 1.09. The first-order valence-electron chi connectivity index (χ1n) is 1.93. The Morgan fingerprint density at radius 2 is 1.50 bits per heavy atom. The van der Waals surface area contributed by atoms with E-state index in [1.54, 1.807) is 6.26 Å². The van der Waals surface area contributed by atoms with Crippen molar-refractivity contribution in [3.8, 4) is 0 Å². The summed E-state index contributed by atoms with van der Waals surface area (Å²) in [6, 6.07) is 0. The van der Waals surface area contributed by atoms with Crippen LogP contribution in [0.25, 0.3) is 0 Å². The van der Waals surface area contributed by atoms with Crippen LogP contribution in [-0.4, -0.2) is 6.61 Å². The summed E-state index contributed by atoms with van der Waals surface area (Å²) in [5.74, 6) is 0. The Morgan fingerprint density at radius 3 is 1.60 bits per heavy atom. The van der Waals surface area contributed by atoms with Crippen molar-refractivity contribution in [1.29, 1.82) is 0 Å². The van der Waals surface area contributed by atoms with E-state index < -0.39 is 0 Å². The average Bonchev–Trinajstić information content (AvgIpc) is 1.72. The molecule has 0 aromatic carbocycles. The molecule has 12 N–H and O–H groups in total. The van der Waals surface area contributed by atoms with Crippen molar-refractivity contribution >= 4 is 0 Å². The van der Waals surface area contributed by atoms with Gasteiger partial charge in [0.25, 0.3) is 0 Å². The van der Waals surface area contributed by atoms with Gasteiger partial charge in [-0.05, 0) is 12.2 Å². The van der Waals surface area contributed by atoms with E-state index in [4.69, 9.17) is 4.74 Å². The quantitative estimate of drug-likeness (QED) is 0.414. The third-order valence-electron chi connectivity index (χ3n) is 0.614. The molecule has 1 heterocycles. The van der Waals surface area contributed by atoms with E-state index in [0.29, 0.717) is 0 Å². The first-order valence-corrected chi connectivity index (χ1v) is 1.93. The highest BCUT2D eigenvalue weighted by Gasteiger charge is 1.75. The number of hydrogen-bond donors (Lipinski definition) is 4. The van der Waals surface area contributed by atoms with Gasteiger partial charge < -0.3 is 29.3 Å². The summed E-state index contributed by atoms with van der Waals surface area (Å²) in [5, 5.41) is 0. The predicted molar refractivity (Wildman–Crippen MR) is 44.3 cm³/mol. The number of rotatable bonds is 0. The summed E-state index contributed by atoms with van der Waals surface area (Å²) in [6.45, 7) is 0.733. The van der Waals surface area contributed by atoms with Gasteiger partial charge >= 0.3 is 0 Å². The Balaban J connectivity index is -0.0000000450. The van der Waals surface area contributed by atoms with Crippen LogP contribution in [0.4, 0.5) is 0 Å². The molecule has 0 saturated carbocycles. The third kappa shape index (κ3) is 10.2. The highest BCUT2D eigenvalue weighted by atomic mass is 16.5. The molecule has 1 rings (SSSR count). The van der Waals surface area contributed by atoms with E-state index in [1.165, 1.54) is 0 Å². The normalized spacial score (nSPS) is 10.4. The summed E-state index contributed by atoms with van der Waals surface area (Å²) >= 11 is 0. The molecular weight excluding hydrogens is 132 g/mol. The molecule has 0 radical (unpaired) electrons. The van der Waals surface area contributed by atoms with Crippen LogP contribution in [0, 0.1) is 0 Å². The first-order chi connectivity index (χ1) is 3.00. The van der Waals surface area contributed by atoms with Crippen LogP contribution in [-0.2, 0) is 4.74 Å². The van der Waals surface area contributed by atoms with Gasteiger partial charge in [0.1, 0.15) is 6.61 Å². The lowest BCUT2D eigenvalue weighted by Crippen LogP contribution is -1.82. The molecule has 0 spiro atoms. The van der Waals surface area contributed by atoms with Crippen LogP contribution in [0.15, 0.2) is 24.5 Å². The SMILES string of the molecule is C1=CCOC=C1.N.N.N.N. The Bertz CT molecular complexity index is 79.6. The van der Waals surface area contributed by atoms with Crippen LogP contribution in [0.1, 0.15) is 0 Å². The Hall–Kier alpha value is -0.880. The third-order valence-corrected chi connectivity index (χ3v) is 0.614. The molecule has 64 valence electrons. The number of hydrogen-bond acceptors (Lipinski definition) is 5. The van der Waals surface area contributed by atoms with Crippen molar-refractivity contribution in [2.24, 2.45) is 0 Å². The Labute approximate surface area is 61.5 Å². The molecule has 0 aliphatic carbocycles. The number of allylic oxidation sites excluding steroid dienone is 2. The minimum atomic E-state index is 0. The zero-order valence-corrected chi connectivity index (χ0v) is 6.25. The Morgan fingerprint density at radius 1 is 0.900 bits per heavy atom. The van der Waals surface area contributed by atoms with Gasteiger partial charge in [-0.15, -0.1) is 0 Å². The summed E-state index contributed by atoms with van der Waals surface area (Å²) in [5.41, 5.74) is 0. The molecule has 0 fully saturated rings. The monoisotopic (exact) mass is 150 g/mol. The smallest absolute Gasteiger partial charge is 0.106 e. The predicted octanol–water partition coefficient (Wildman–Crippen LogP) is 1.73. The van der Waals surface area contributed by atoms with E-state index >= 15 is 0 Å². The van der Waals surface area contributed by atoms with Crippen molar-refractivity contribution in [1.82, 2.24) is 24.6 Å². The van der Waals surface area contributed by atoms with E-state index in [-0.39, 0.29) is 24.6 Å². The maximum atomic E-state index is 4.80. The molecule has 0 aromatic heterocycles. The summed E-state index contributed by atoms with van der Waals surface area (Å²) < 4.78 is 4.80. The molecule has 0 amide bonds. The molecule has 0 unspecified atom stereocenters. The van der Waals surface area contributed by atoms with Crippen LogP contribution >= 0.6 is 0 Å². The molecule has 10 heavy (non-hydrogen) atoms. The van der Waals surface area contributed by atoms with Crippen LogP contribution in [0.5, 0.6) is 0 Å². The van der Waals surface area contributed by atoms with Crippen molar-refractivity contribution in [3.05, 3.63) is 24.5 Å². The van der Waals surface area contributed by atoms with Gasteiger partial charge in [-0.3, -0.25) is 0 Å². The molecule has 5 nitrogen and oxygen atoms in total. The lowest BCUT2D eigenvalue weighted by atomic mass is 10.5. The minimum Gasteiger partial charge on any atom is -0.497 e. The average molecular weight is 150 g/mol. The van der Waals surface area contributed by atoms with Gasteiger partial charge in [-0.1, -0.05) is 6.08 Å². The fourth-order valence-corrected chi connectivity index (χ4v) is 0.346. The second kappa shape index (κ2) is 15.7. The van der Waals surface area contributed by atoms with E-state index in [0.717, 1.165) is 6.61 Å². The van der Waals surface area contributed by atoms with Gasteiger partial charge in [0.15, 0.2) is 0 Å². The summed E-state index contributed by atoms with van der Waals surface area (Å²) in [7, 11) is 0. The molecular formula is C5H18N4O. The molecule has 1 aliphatic rings. The maximum absolute atomic E-state index is 4.80. The molecule has 1 aliphatic heterocycles. The number of ether oxygens (including phenoxy) is 1. The maximum Gasteiger partial charge on any atom is 0.106 e. The van der Waals surface area contributed by atoms with Crippen molar-refractivity contribution in [3.63, 3.8) is 0 Å². The highest BCUT2D eigenvalue weighted by Crippen LogP contribution is 1.87. The van der Waals surface area contributed by atoms with E-state index in [2.05, 4.69) is 0 Å². The lowest BCUT2D eigenvalue weighted by molar-refractivity contribution is 0.286. The summed E-state index contributed by atoms with van der Waals surface area (Å²) in [4.78, 5) is 0. The first kappa shape index (κ1) is 22.9. The van der Waals surface area contributed by atoms with Gasteiger partial charge in [0, 0.05) is 0 Å². The topological polar surface area (TPSA) is 149 Å². The van der Waals surface area contributed by atoms with Gasteiger partial charge in [-0.25, -0.2) is 0 Å². The molecule has 5 heteroatoms. The molecule has 0 bridgehead atoms. The molecule has 0 saturated heterocycles. The zero-order chi connectivity index (χ0) is 4.24. The summed E-state index contributed by atoms with van der Waals surface area (Å²) in [6.07, 6.45) is 7.47. The van der Waals surface area contributed by atoms with Gasteiger partial charge in [0.2, 0.25) is 0 Å². The molecule has 0 atom stereocenters. The second-order valence-electron chi connectivity index (χ2n) is 1.09. The van der Waals surface area contributed by atoms with Crippen molar-refractivity contribution in [2.75, 3.05) is 6.61 Å². The van der Waals surface area contributed by atoms with Crippen LogP contribution < -0.4 is 24.6 Å². The van der Waals surface area contributed by atoms with E-state index in [1.807, 2.05) is 18.2 Å². The zero-order valence-electron chi connectivity index (χ0n) is 6.25. The fraction of sp³-hybridized carbons (Fsp3) is 0.200. The lowest BCUT2D eigenvalue weighted by Gasteiger charge is -1.94. The van der Waals surface area contributed by atoms with E-state index in [9.17, 15) is 0 Å². The van der Waals surface area contributed by atoms with Gasteiger partial charge in [-0.2, -0.15) is 0 Å². The van der Waals surface area contributed by atoms with Crippen LogP contribution in [0.3, 0.4) is 0 Å². The van der Waals surface area contributed by atoms with Crippen molar-refractivity contribution < 1.29 is 4.74 Å². The highest BCUT2D eigenvalue weighted by molar-refractivity contribution is 5.02.